The minimum atomic E-state index is -0.719. The number of nitro benzene ring substituents is 1. The van der Waals surface area contributed by atoms with Crippen molar-refractivity contribution in [2.24, 2.45) is 4.99 Å². The Kier molecular flexibility index (Phi) is 4.09. The molecular weight excluding hydrogens is 339 g/mol. The van der Waals surface area contributed by atoms with Crippen molar-refractivity contribution in [1.82, 2.24) is 0 Å². The van der Waals surface area contributed by atoms with Crippen LogP contribution in [0.5, 0.6) is 0 Å². The molecule has 0 atom stereocenters. The Balaban J connectivity index is 1.96. The van der Waals surface area contributed by atoms with Gasteiger partial charge < -0.3 is 4.74 Å². The smallest absolute Gasteiger partial charge is 0.363 e. The Morgan fingerprint density at radius 2 is 2.04 bits per heavy atom. The molecule has 0 unspecified atom stereocenters. The molecule has 1 aliphatic rings. The highest BCUT2D eigenvalue weighted by atomic mass is 35.5. The topological polar surface area (TPSA) is 81.8 Å². The molecule has 0 aromatic heterocycles. The monoisotopic (exact) mass is 346 g/mol. The minimum Gasteiger partial charge on any atom is -0.402 e. The van der Waals surface area contributed by atoms with E-state index in [1.54, 1.807) is 6.07 Å². The number of ether oxygens (including phenoxy) is 1. The summed E-state index contributed by atoms with van der Waals surface area (Å²) in [7, 11) is 0. The first-order valence-electron chi connectivity index (χ1n) is 6.66. The Hall–Kier alpha value is -3.06. The molecule has 0 aliphatic carbocycles. The third-order valence-electron chi connectivity index (χ3n) is 3.17. The van der Waals surface area contributed by atoms with Gasteiger partial charge in [0.1, 0.15) is 5.82 Å². The van der Waals surface area contributed by atoms with E-state index in [1.807, 2.05) is 0 Å². The van der Waals surface area contributed by atoms with Crippen LogP contribution in [0.4, 0.5) is 10.1 Å². The zero-order valence-corrected chi connectivity index (χ0v) is 12.7. The third-order valence-corrected chi connectivity index (χ3v) is 3.48. The van der Waals surface area contributed by atoms with Gasteiger partial charge in [0.25, 0.3) is 5.69 Å². The molecule has 24 heavy (non-hydrogen) atoms. The lowest BCUT2D eigenvalue weighted by atomic mass is 10.2. The van der Waals surface area contributed by atoms with Crippen LogP contribution in [0.1, 0.15) is 11.1 Å². The number of non-ortho nitro benzene ring substituents is 1. The molecule has 0 amide bonds. The maximum atomic E-state index is 13.2. The molecule has 8 heteroatoms. The maximum Gasteiger partial charge on any atom is 0.363 e. The molecule has 0 spiro atoms. The van der Waals surface area contributed by atoms with E-state index in [-0.39, 0.29) is 27.9 Å². The molecule has 6 nitrogen and oxygen atoms in total. The predicted octanol–water partition coefficient (Wildman–Crippen LogP) is 3.73. The first-order chi connectivity index (χ1) is 11.4. The van der Waals surface area contributed by atoms with Gasteiger partial charge in [0, 0.05) is 12.1 Å². The molecular formula is C16H8ClFN2O4. The van der Waals surface area contributed by atoms with Gasteiger partial charge in [-0.15, -0.1) is 0 Å². The van der Waals surface area contributed by atoms with Crippen LogP contribution < -0.4 is 0 Å². The fourth-order valence-corrected chi connectivity index (χ4v) is 2.33. The summed E-state index contributed by atoms with van der Waals surface area (Å²) in [6, 6.07) is 9.34. The number of nitrogens with zero attached hydrogens (tertiary/aromatic N) is 2. The lowest BCUT2D eigenvalue weighted by Crippen LogP contribution is -2.06. The van der Waals surface area contributed by atoms with Gasteiger partial charge in [-0.05, 0) is 29.8 Å². The van der Waals surface area contributed by atoms with E-state index in [9.17, 15) is 19.3 Å². The van der Waals surface area contributed by atoms with Gasteiger partial charge >= 0.3 is 5.97 Å². The van der Waals surface area contributed by atoms with Gasteiger partial charge in [0.05, 0.1) is 15.5 Å². The van der Waals surface area contributed by atoms with Crippen LogP contribution in [-0.4, -0.2) is 16.8 Å². The van der Waals surface area contributed by atoms with Crippen molar-refractivity contribution in [2.45, 2.75) is 0 Å². The second-order valence-electron chi connectivity index (χ2n) is 4.81. The Labute approximate surface area is 140 Å². The fraction of sp³-hybridized carbons (Fsp3) is 0. The number of carbonyl (C=O) groups excluding carboxylic acids is 1. The summed E-state index contributed by atoms with van der Waals surface area (Å²) in [6.45, 7) is 0. The minimum absolute atomic E-state index is 0.0231. The van der Waals surface area contributed by atoms with Crippen LogP contribution in [0.15, 0.2) is 53.2 Å². The highest BCUT2D eigenvalue weighted by Gasteiger charge is 2.26. The number of halogens is 2. The molecule has 2 aromatic carbocycles. The molecule has 0 fully saturated rings. The largest absolute Gasteiger partial charge is 0.402 e. The van der Waals surface area contributed by atoms with Gasteiger partial charge in [-0.3, -0.25) is 10.1 Å². The summed E-state index contributed by atoms with van der Waals surface area (Å²) in [6.07, 6.45) is 1.37. The van der Waals surface area contributed by atoms with Crippen LogP contribution in [0.2, 0.25) is 5.02 Å². The number of aliphatic imine (C=N–C) groups is 1. The van der Waals surface area contributed by atoms with E-state index in [0.29, 0.717) is 5.56 Å². The second-order valence-corrected chi connectivity index (χ2v) is 5.22. The van der Waals surface area contributed by atoms with Gasteiger partial charge in [-0.1, -0.05) is 23.7 Å². The van der Waals surface area contributed by atoms with E-state index >= 15 is 0 Å². The van der Waals surface area contributed by atoms with Crippen LogP contribution in [0.3, 0.4) is 0 Å². The van der Waals surface area contributed by atoms with Crippen LogP contribution in [0.25, 0.3) is 6.08 Å². The number of hydrogen-bond donors (Lipinski definition) is 0. The van der Waals surface area contributed by atoms with Crippen molar-refractivity contribution >= 4 is 35.2 Å². The average molecular weight is 347 g/mol. The highest BCUT2D eigenvalue weighted by Crippen LogP contribution is 2.27. The van der Waals surface area contributed by atoms with Crippen LogP contribution in [-0.2, 0) is 9.53 Å². The van der Waals surface area contributed by atoms with E-state index < -0.39 is 16.7 Å². The molecule has 3 rings (SSSR count). The summed E-state index contributed by atoms with van der Waals surface area (Å²) < 4.78 is 18.2. The first-order valence-corrected chi connectivity index (χ1v) is 7.04. The average Bonchev–Trinajstić information content (AvgIpc) is 2.87. The molecule has 0 saturated carbocycles. The van der Waals surface area contributed by atoms with Crippen molar-refractivity contribution < 1.29 is 18.8 Å². The van der Waals surface area contributed by atoms with Crippen molar-refractivity contribution in [3.63, 3.8) is 0 Å². The summed E-state index contributed by atoms with van der Waals surface area (Å²) in [5, 5.41) is 10.7. The Morgan fingerprint density at radius 1 is 1.25 bits per heavy atom. The molecule has 0 N–H and O–H groups in total. The van der Waals surface area contributed by atoms with Gasteiger partial charge in [-0.25, -0.2) is 14.2 Å². The Morgan fingerprint density at radius 3 is 2.71 bits per heavy atom. The van der Waals surface area contributed by atoms with Crippen molar-refractivity contribution in [3.05, 3.63) is 80.2 Å². The van der Waals surface area contributed by atoms with E-state index in [2.05, 4.69) is 4.99 Å². The van der Waals surface area contributed by atoms with Crippen molar-refractivity contribution in [2.75, 3.05) is 0 Å². The highest BCUT2D eigenvalue weighted by molar-refractivity contribution is 6.34. The quantitative estimate of drug-likeness (QED) is 0.367. The number of carbonyl (C=O) groups is 1. The number of rotatable bonds is 3. The zero-order valence-electron chi connectivity index (χ0n) is 11.9. The number of hydrogen-bond acceptors (Lipinski definition) is 5. The third kappa shape index (κ3) is 3.16. The standard InChI is InChI=1S/C16H8ClFN2O4/c17-13-8-11(20(22)23)4-5-12(13)15-19-14(16(21)24-15)7-9-2-1-3-10(18)6-9/h1-8H. The Bertz CT molecular complexity index is 924. The fourth-order valence-electron chi connectivity index (χ4n) is 2.07. The molecule has 2 aromatic rings. The predicted molar refractivity (Wildman–Crippen MR) is 85.1 cm³/mol. The van der Waals surface area contributed by atoms with Crippen molar-refractivity contribution in [1.29, 1.82) is 0 Å². The molecule has 1 heterocycles. The molecule has 1 aliphatic heterocycles. The lowest BCUT2D eigenvalue weighted by Gasteiger charge is -2.02. The SMILES string of the molecule is O=C1OC(c2ccc([N+](=O)[O-])cc2Cl)=NC1=Cc1cccc(F)c1. The van der Waals surface area contributed by atoms with Gasteiger partial charge in [-0.2, -0.15) is 0 Å². The lowest BCUT2D eigenvalue weighted by molar-refractivity contribution is -0.384. The normalized spacial score (nSPS) is 15.3. The van der Waals surface area contributed by atoms with E-state index in [0.717, 1.165) is 6.07 Å². The maximum absolute atomic E-state index is 13.2. The summed E-state index contributed by atoms with van der Waals surface area (Å²) in [4.78, 5) is 26.0. The van der Waals surface area contributed by atoms with Crippen LogP contribution >= 0.6 is 11.6 Å². The van der Waals surface area contributed by atoms with Crippen LogP contribution in [0, 0.1) is 15.9 Å². The second kappa shape index (κ2) is 6.21. The zero-order chi connectivity index (χ0) is 17.3. The summed E-state index contributed by atoms with van der Waals surface area (Å²) >= 11 is 5.98. The molecule has 0 bridgehead atoms. The van der Waals surface area contributed by atoms with Crippen molar-refractivity contribution in [3.8, 4) is 0 Å². The number of esters is 1. The summed E-state index contributed by atoms with van der Waals surface area (Å²) in [5.41, 5.74) is 0.481. The number of cyclic esters (lactones) is 1. The first kappa shape index (κ1) is 15.8. The number of nitro groups is 1. The van der Waals surface area contributed by atoms with Gasteiger partial charge in [0.15, 0.2) is 5.70 Å². The summed E-state index contributed by atoms with van der Waals surface area (Å²) in [5.74, 6) is -1.23. The molecule has 120 valence electrons. The van der Waals surface area contributed by atoms with Gasteiger partial charge in [0.2, 0.25) is 5.90 Å². The number of benzene rings is 2. The van der Waals surface area contributed by atoms with E-state index in [1.165, 1.54) is 36.4 Å². The molecule has 0 radical (unpaired) electrons. The molecule has 0 saturated heterocycles. The van der Waals surface area contributed by atoms with E-state index in [4.69, 9.17) is 16.3 Å².